The van der Waals surface area contributed by atoms with Crippen LogP contribution in [0.15, 0.2) is 41.8 Å². The van der Waals surface area contributed by atoms with Gasteiger partial charge in [-0.05, 0) is 17.4 Å². The first-order valence-electron chi connectivity index (χ1n) is 8.37. The lowest BCUT2D eigenvalue weighted by Gasteiger charge is -2.41. The summed E-state index contributed by atoms with van der Waals surface area (Å²) in [7, 11) is 0. The average molecular weight is 380 g/mol. The zero-order valence-electron chi connectivity index (χ0n) is 14.1. The standard InChI is InChI=1S/C18H22ClN3O2S/c1-2-25-18-20-9-13(10-21-18)11-22-7-8-24-16(12-23)17(22)14-5-3-4-6-15(14)19/h3-6,9-10,16-17,23H,2,7-8,11-12H2,1H3/t16-,17-/m0/s1. The topological polar surface area (TPSA) is 58.5 Å². The smallest absolute Gasteiger partial charge is 0.187 e. The Balaban J connectivity index is 1.83. The minimum Gasteiger partial charge on any atom is -0.394 e. The van der Waals surface area contributed by atoms with E-state index in [4.69, 9.17) is 16.3 Å². The summed E-state index contributed by atoms with van der Waals surface area (Å²) in [6, 6.07) is 7.64. The minimum absolute atomic E-state index is 0.0467. The molecule has 1 N–H and O–H groups in total. The first kappa shape index (κ1) is 18.6. The Morgan fingerprint density at radius 2 is 2.08 bits per heavy atom. The van der Waals surface area contributed by atoms with Gasteiger partial charge in [-0.2, -0.15) is 0 Å². The van der Waals surface area contributed by atoms with E-state index in [0.717, 1.165) is 28.6 Å². The molecule has 1 fully saturated rings. The number of rotatable bonds is 6. The molecule has 0 bridgehead atoms. The molecule has 1 aliphatic heterocycles. The van der Waals surface area contributed by atoms with Gasteiger partial charge in [0.1, 0.15) is 6.10 Å². The van der Waals surface area contributed by atoms with Crippen LogP contribution in [0, 0.1) is 0 Å². The fourth-order valence-corrected chi connectivity index (χ4v) is 3.85. The number of halogens is 1. The zero-order valence-corrected chi connectivity index (χ0v) is 15.7. The van der Waals surface area contributed by atoms with E-state index in [9.17, 15) is 5.11 Å². The van der Waals surface area contributed by atoms with Crippen LogP contribution in [-0.2, 0) is 11.3 Å². The molecule has 0 radical (unpaired) electrons. The number of morpholine rings is 1. The van der Waals surface area contributed by atoms with Gasteiger partial charge in [0.15, 0.2) is 5.16 Å². The van der Waals surface area contributed by atoms with Gasteiger partial charge in [-0.15, -0.1) is 0 Å². The minimum atomic E-state index is -0.301. The van der Waals surface area contributed by atoms with Crippen molar-refractivity contribution in [3.8, 4) is 0 Å². The summed E-state index contributed by atoms with van der Waals surface area (Å²) in [4.78, 5) is 11.1. The van der Waals surface area contributed by atoms with Crippen LogP contribution >= 0.6 is 23.4 Å². The molecule has 0 spiro atoms. The van der Waals surface area contributed by atoms with Crippen molar-refractivity contribution < 1.29 is 9.84 Å². The number of hydrogen-bond donors (Lipinski definition) is 1. The van der Waals surface area contributed by atoms with E-state index in [0.29, 0.717) is 18.2 Å². The lowest BCUT2D eigenvalue weighted by atomic mass is 9.97. The van der Waals surface area contributed by atoms with Gasteiger partial charge in [-0.1, -0.05) is 48.5 Å². The summed E-state index contributed by atoms with van der Waals surface area (Å²) in [5.74, 6) is 0.954. The zero-order chi connectivity index (χ0) is 17.6. The molecule has 1 aromatic carbocycles. The van der Waals surface area contributed by atoms with Gasteiger partial charge < -0.3 is 9.84 Å². The summed E-state index contributed by atoms with van der Waals surface area (Å²) >= 11 is 8.04. The highest BCUT2D eigenvalue weighted by Crippen LogP contribution is 2.34. The highest BCUT2D eigenvalue weighted by Gasteiger charge is 2.34. The lowest BCUT2D eigenvalue weighted by Crippen LogP contribution is -2.46. The van der Waals surface area contributed by atoms with Crippen molar-refractivity contribution in [1.29, 1.82) is 0 Å². The van der Waals surface area contributed by atoms with E-state index in [1.807, 2.05) is 36.7 Å². The number of aromatic nitrogens is 2. The maximum atomic E-state index is 9.77. The molecule has 1 aliphatic rings. The van der Waals surface area contributed by atoms with Crippen LogP contribution in [0.3, 0.4) is 0 Å². The van der Waals surface area contributed by atoms with Gasteiger partial charge in [-0.25, -0.2) is 9.97 Å². The number of aliphatic hydroxyl groups is 1. The molecule has 5 nitrogen and oxygen atoms in total. The van der Waals surface area contributed by atoms with Crippen molar-refractivity contribution in [3.63, 3.8) is 0 Å². The summed E-state index contributed by atoms with van der Waals surface area (Å²) < 4.78 is 5.78. The molecule has 2 aromatic rings. The van der Waals surface area contributed by atoms with Crippen molar-refractivity contribution in [2.75, 3.05) is 25.5 Å². The first-order chi connectivity index (χ1) is 12.2. The van der Waals surface area contributed by atoms with Crippen LogP contribution in [0.2, 0.25) is 5.02 Å². The van der Waals surface area contributed by atoms with Crippen LogP contribution in [0.4, 0.5) is 0 Å². The van der Waals surface area contributed by atoms with Gasteiger partial charge in [0.2, 0.25) is 0 Å². The highest BCUT2D eigenvalue weighted by molar-refractivity contribution is 7.99. The molecule has 0 unspecified atom stereocenters. The van der Waals surface area contributed by atoms with Crippen LogP contribution in [0.5, 0.6) is 0 Å². The lowest BCUT2D eigenvalue weighted by molar-refractivity contribution is -0.0960. The Bertz CT molecular complexity index is 686. The molecule has 0 aliphatic carbocycles. The quantitative estimate of drug-likeness (QED) is 0.614. The molecule has 25 heavy (non-hydrogen) atoms. The highest BCUT2D eigenvalue weighted by atomic mass is 35.5. The molecule has 0 saturated carbocycles. The van der Waals surface area contributed by atoms with E-state index >= 15 is 0 Å². The first-order valence-corrected chi connectivity index (χ1v) is 9.74. The summed E-state index contributed by atoms with van der Waals surface area (Å²) in [6.45, 7) is 4.06. The third kappa shape index (κ3) is 4.51. The van der Waals surface area contributed by atoms with Crippen LogP contribution in [0.25, 0.3) is 0 Å². The Morgan fingerprint density at radius 3 is 2.76 bits per heavy atom. The fraction of sp³-hybridized carbons (Fsp3) is 0.444. The van der Waals surface area contributed by atoms with Gasteiger partial charge in [0.25, 0.3) is 0 Å². The summed E-state index contributed by atoms with van der Waals surface area (Å²) in [5, 5.41) is 11.3. The van der Waals surface area contributed by atoms with E-state index in [-0.39, 0.29) is 18.8 Å². The second-order valence-corrected chi connectivity index (χ2v) is 7.47. The molecule has 134 valence electrons. The molecule has 1 aromatic heterocycles. The van der Waals surface area contributed by atoms with E-state index in [1.165, 1.54) is 0 Å². The van der Waals surface area contributed by atoms with Gasteiger partial charge in [0, 0.05) is 36.1 Å². The SMILES string of the molecule is CCSc1ncc(CN2CCO[C@@H](CO)[C@@H]2c2ccccc2Cl)cn1. The molecular weight excluding hydrogens is 358 g/mol. The number of ether oxygens (including phenoxy) is 1. The van der Waals surface area contributed by atoms with E-state index in [1.54, 1.807) is 11.8 Å². The molecular formula is C18H22ClN3O2S. The molecule has 2 atom stereocenters. The number of hydrogen-bond acceptors (Lipinski definition) is 6. The van der Waals surface area contributed by atoms with Gasteiger partial charge in [0.05, 0.1) is 19.3 Å². The van der Waals surface area contributed by atoms with Crippen molar-refractivity contribution in [2.45, 2.75) is 30.8 Å². The Labute approximate surface area is 157 Å². The molecule has 7 heteroatoms. The summed E-state index contributed by atoms with van der Waals surface area (Å²) in [6.07, 6.45) is 3.44. The molecule has 2 heterocycles. The normalized spacial score (nSPS) is 21.4. The van der Waals surface area contributed by atoms with E-state index in [2.05, 4.69) is 21.8 Å². The summed E-state index contributed by atoms with van der Waals surface area (Å²) in [5.41, 5.74) is 2.01. The second-order valence-electron chi connectivity index (χ2n) is 5.84. The fourth-order valence-electron chi connectivity index (χ4n) is 3.09. The van der Waals surface area contributed by atoms with E-state index < -0.39 is 0 Å². The molecule has 3 rings (SSSR count). The van der Waals surface area contributed by atoms with Crippen molar-refractivity contribution in [1.82, 2.24) is 14.9 Å². The Morgan fingerprint density at radius 1 is 1.32 bits per heavy atom. The molecule has 0 amide bonds. The van der Waals surface area contributed by atoms with Crippen LogP contribution in [0.1, 0.15) is 24.1 Å². The largest absolute Gasteiger partial charge is 0.394 e. The maximum absolute atomic E-state index is 9.77. The Hall–Kier alpha value is -1.18. The predicted molar refractivity (Wildman–Crippen MR) is 99.9 cm³/mol. The average Bonchev–Trinajstić information content (AvgIpc) is 2.64. The van der Waals surface area contributed by atoms with Crippen molar-refractivity contribution in [3.05, 3.63) is 52.8 Å². The third-order valence-electron chi connectivity index (χ3n) is 4.20. The number of nitrogens with zero attached hydrogens (tertiary/aromatic N) is 3. The number of thioether (sulfide) groups is 1. The van der Waals surface area contributed by atoms with Crippen LogP contribution < -0.4 is 0 Å². The number of benzene rings is 1. The molecule has 1 saturated heterocycles. The Kier molecular flexibility index (Phi) is 6.67. The monoisotopic (exact) mass is 379 g/mol. The third-order valence-corrected chi connectivity index (χ3v) is 5.30. The van der Waals surface area contributed by atoms with Crippen molar-refractivity contribution in [2.24, 2.45) is 0 Å². The van der Waals surface area contributed by atoms with Crippen molar-refractivity contribution >= 4 is 23.4 Å². The number of aliphatic hydroxyl groups excluding tert-OH is 1. The second kappa shape index (κ2) is 8.96. The maximum Gasteiger partial charge on any atom is 0.187 e. The predicted octanol–water partition coefficient (Wildman–Crippen LogP) is 3.18. The van der Waals surface area contributed by atoms with Gasteiger partial charge >= 0.3 is 0 Å². The van der Waals surface area contributed by atoms with Crippen LogP contribution in [-0.4, -0.2) is 51.6 Å². The van der Waals surface area contributed by atoms with Gasteiger partial charge in [-0.3, -0.25) is 4.90 Å².